The highest BCUT2D eigenvalue weighted by Crippen LogP contribution is 2.43. The molecule has 0 fully saturated rings. The van der Waals surface area contributed by atoms with Crippen LogP contribution in [0.25, 0.3) is 21.8 Å². The summed E-state index contributed by atoms with van der Waals surface area (Å²) in [4.78, 5) is 13.6. The number of thiol groups is 1. The van der Waals surface area contributed by atoms with E-state index < -0.39 is 0 Å². The highest BCUT2D eigenvalue weighted by Gasteiger charge is 2.15. The Bertz CT molecular complexity index is 1340. The minimum absolute atomic E-state index is 0.880. The van der Waals surface area contributed by atoms with Crippen molar-refractivity contribution in [2.75, 3.05) is 0 Å². The third-order valence-corrected chi connectivity index (χ3v) is 7.84. The van der Waals surface area contributed by atoms with Crippen molar-refractivity contribution >= 4 is 58.0 Å². The summed E-state index contributed by atoms with van der Waals surface area (Å²) in [6, 6.07) is 27.1. The molecule has 2 aromatic heterocycles. The van der Waals surface area contributed by atoms with Crippen molar-refractivity contribution in [2.24, 2.45) is 0 Å². The van der Waals surface area contributed by atoms with E-state index in [1.54, 1.807) is 11.8 Å². The summed E-state index contributed by atoms with van der Waals surface area (Å²) in [6.45, 7) is 0. The van der Waals surface area contributed by atoms with Gasteiger partial charge in [0.15, 0.2) is 0 Å². The number of thioether (sulfide) groups is 1. The van der Waals surface area contributed by atoms with E-state index >= 15 is 0 Å². The number of aromatic nitrogens is 2. The molecule has 146 valence electrons. The standard InChI is InChI=1S/C25H18N2S3/c28-22-14-26-20-12-6-4-10-18(20)24(22)30-23-15-27-21-13-7-5-11-19(21)25(23)29-16-17-8-2-1-3-9-17/h1-15,28H,16H2. The van der Waals surface area contributed by atoms with Crippen molar-refractivity contribution in [3.05, 3.63) is 96.8 Å². The molecule has 0 amide bonds. The molecule has 3 aromatic carbocycles. The van der Waals surface area contributed by atoms with Crippen LogP contribution < -0.4 is 0 Å². The zero-order chi connectivity index (χ0) is 20.3. The van der Waals surface area contributed by atoms with Crippen LogP contribution in [0.5, 0.6) is 0 Å². The molecule has 0 atom stereocenters. The number of para-hydroxylation sites is 2. The molecule has 0 unspecified atom stereocenters. The zero-order valence-electron chi connectivity index (χ0n) is 16.0. The fourth-order valence-corrected chi connectivity index (χ4v) is 5.98. The van der Waals surface area contributed by atoms with E-state index in [4.69, 9.17) is 17.6 Å². The van der Waals surface area contributed by atoms with E-state index in [2.05, 4.69) is 59.6 Å². The van der Waals surface area contributed by atoms with Crippen LogP contribution in [0.15, 0.2) is 111 Å². The molecule has 5 rings (SSSR count). The lowest BCUT2D eigenvalue weighted by Crippen LogP contribution is -1.90. The number of fused-ring (bicyclic) bond motifs is 2. The molecule has 30 heavy (non-hydrogen) atoms. The average Bonchev–Trinajstić information content (AvgIpc) is 2.80. The molecule has 0 aliphatic rings. The van der Waals surface area contributed by atoms with Gasteiger partial charge in [-0.25, -0.2) is 0 Å². The molecule has 5 heteroatoms. The van der Waals surface area contributed by atoms with Crippen LogP contribution in [0.3, 0.4) is 0 Å². The smallest absolute Gasteiger partial charge is 0.0714 e. The van der Waals surface area contributed by atoms with Crippen LogP contribution in [0.2, 0.25) is 0 Å². The van der Waals surface area contributed by atoms with Crippen LogP contribution in [-0.4, -0.2) is 9.97 Å². The minimum Gasteiger partial charge on any atom is -0.255 e. The maximum absolute atomic E-state index is 4.73. The first-order chi connectivity index (χ1) is 14.8. The van der Waals surface area contributed by atoms with Gasteiger partial charge in [0.1, 0.15) is 0 Å². The Morgan fingerprint density at radius 2 is 1.27 bits per heavy atom. The van der Waals surface area contributed by atoms with E-state index in [0.29, 0.717) is 0 Å². The van der Waals surface area contributed by atoms with Gasteiger partial charge in [-0.05, 0) is 17.7 Å². The summed E-state index contributed by atoms with van der Waals surface area (Å²) >= 11 is 8.29. The number of nitrogens with zero attached hydrogens (tertiary/aromatic N) is 2. The van der Waals surface area contributed by atoms with Gasteiger partial charge in [0.2, 0.25) is 0 Å². The molecule has 0 bridgehead atoms. The maximum atomic E-state index is 4.73. The lowest BCUT2D eigenvalue weighted by molar-refractivity contribution is 1.17. The normalized spacial score (nSPS) is 11.2. The van der Waals surface area contributed by atoms with Gasteiger partial charge in [0.25, 0.3) is 0 Å². The van der Waals surface area contributed by atoms with Crippen molar-refractivity contribution in [1.29, 1.82) is 0 Å². The number of rotatable bonds is 5. The van der Waals surface area contributed by atoms with E-state index in [1.165, 1.54) is 15.8 Å². The van der Waals surface area contributed by atoms with Crippen LogP contribution in [0.4, 0.5) is 0 Å². The Morgan fingerprint density at radius 1 is 0.667 bits per heavy atom. The molecule has 5 aromatic rings. The Hall–Kier alpha value is -2.47. The molecular formula is C25H18N2S3. The monoisotopic (exact) mass is 442 g/mol. The topological polar surface area (TPSA) is 25.8 Å². The minimum atomic E-state index is 0.880. The molecule has 0 saturated carbocycles. The third-order valence-electron chi connectivity index (χ3n) is 4.84. The van der Waals surface area contributed by atoms with Gasteiger partial charge in [-0.3, -0.25) is 9.97 Å². The molecule has 0 saturated heterocycles. The lowest BCUT2D eigenvalue weighted by Gasteiger charge is -2.14. The summed E-state index contributed by atoms with van der Waals surface area (Å²) < 4.78 is 0. The number of pyridine rings is 2. The quantitative estimate of drug-likeness (QED) is 0.225. The van der Waals surface area contributed by atoms with E-state index in [9.17, 15) is 0 Å². The van der Waals surface area contributed by atoms with Gasteiger partial charge < -0.3 is 0 Å². The summed E-state index contributed by atoms with van der Waals surface area (Å²) in [5.41, 5.74) is 3.30. The number of benzene rings is 3. The molecule has 0 aliphatic heterocycles. The SMILES string of the molecule is Sc1cnc2ccccc2c1Sc1cnc2ccccc2c1SCc1ccccc1. The summed E-state index contributed by atoms with van der Waals surface area (Å²) in [5.74, 6) is 0.910. The van der Waals surface area contributed by atoms with E-state index in [0.717, 1.165) is 36.9 Å². The fraction of sp³-hybridized carbons (Fsp3) is 0.0400. The van der Waals surface area contributed by atoms with Crippen molar-refractivity contribution < 1.29 is 0 Å². The molecule has 2 nitrogen and oxygen atoms in total. The van der Waals surface area contributed by atoms with Gasteiger partial charge in [-0.15, -0.1) is 24.4 Å². The molecule has 2 heterocycles. The predicted molar refractivity (Wildman–Crippen MR) is 131 cm³/mol. The van der Waals surface area contributed by atoms with Crippen molar-refractivity contribution in [2.45, 2.75) is 25.3 Å². The second-order valence-corrected chi connectivity index (χ2v) is 9.35. The first kappa shape index (κ1) is 19.5. The number of hydrogen-bond acceptors (Lipinski definition) is 5. The zero-order valence-corrected chi connectivity index (χ0v) is 18.6. The van der Waals surface area contributed by atoms with Crippen LogP contribution in [0, 0.1) is 0 Å². The Balaban J connectivity index is 1.60. The maximum Gasteiger partial charge on any atom is 0.0714 e. The number of hydrogen-bond donors (Lipinski definition) is 1. The Kier molecular flexibility index (Phi) is 5.67. The summed E-state index contributed by atoms with van der Waals surface area (Å²) in [6.07, 6.45) is 3.82. The highest BCUT2D eigenvalue weighted by molar-refractivity contribution is 8.02. The van der Waals surface area contributed by atoms with Crippen LogP contribution >= 0.6 is 36.2 Å². The Labute approximate surface area is 189 Å². The van der Waals surface area contributed by atoms with Gasteiger partial charge in [-0.2, -0.15) is 0 Å². The Morgan fingerprint density at radius 3 is 2.00 bits per heavy atom. The molecule has 0 spiro atoms. The van der Waals surface area contributed by atoms with Crippen molar-refractivity contribution in [3.8, 4) is 0 Å². The second kappa shape index (κ2) is 8.72. The molecular weight excluding hydrogens is 424 g/mol. The third kappa shape index (κ3) is 3.93. The summed E-state index contributed by atoms with van der Waals surface area (Å²) in [7, 11) is 0. The average molecular weight is 443 g/mol. The highest BCUT2D eigenvalue weighted by atomic mass is 32.2. The van der Waals surface area contributed by atoms with Gasteiger partial charge in [0.05, 0.1) is 11.0 Å². The van der Waals surface area contributed by atoms with Crippen LogP contribution in [-0.2, 0) is 5.75 Å². The van der Waals surface area contributed by atoms with Gasteiger partial charge >= 0.3 is 0 Å². The lowest BCUT2D eigenvalue weighted by atomic mass is 10.2. The van der Waals surface area contributed by atoms with E-state index in [1.807, 2.05) is 48.4 Å². The summed E-state index contributed by atoms with van der Waals surface area (Å²) in [5, 5.41) is 2.30. The van der Waals surface area contributed by atoms with Gasteiger partial charge in [0, 0.05) is 48.5 Å². The van der Waals surface area contributed by atoms with E-state index in [-0.39, 0.29) is 0 Å². The first-order valence-electron chi connectivity index (χ1n) is 9.58. The van der Waals surface area contributed by atoms with Crippen molar-refractivity contribution in [1.82, 2.24) is 9.97 Å². The molecule has 0 aliphatic carbocycles. The molecule has 0 N–H and O–H groups in total. The first-order valence-corrected chi connectivity index (χ1v) is 11.8. The van der Waals surface area contributed by atoms with Crippen LogP contribution in [0.1, 0.15) is 5.56 Å². The fourth-order valence-electron chi connectivity index (χ4n) is 3.37. The van der Waals surface area contributed by atoms with Gasteiger partial charge in [-0.1, -0.05) is 78.5 Å². The molecule has 0 radical (unpaired) electrons. The largest absolute Gasteiger partial charge is 0.255 e. The van der Waals surface area contributed by atoms with Crippen molar-refractivity contribution in [3.63, 3.8) is 0 Å². The predicted octanol–water partition coefficient (Wildman–Crippen LogP) is 7.52. The second-order valence-electron chi connectivity index (χ2n) is 6.83.